The Hall–Kier alpha value is -2.61. The molecule has 0 spiro atoms. The van der Waals surface area contributed by atoms with Crippen LogP contribution in [-0.2, 0) is 13.1 Å². The Kier molecular flexibility index (Phi) is 5.10. The zero-order valence-corrected chi connectivity index (χ0v) is 16.7. The maximum absolute atomic E-state index is 5.94. The lowest BCUT2D eigenvalue weighted by molar-refractivity contribution is -1.02. The van der Waals surface area contributed by atoms with Gasteiger partial charge in [-0.05, 0) is 42.5 Å². The topological polar surface area (TPSA) is 66.3 Å². The van der Waals surface area contributed by atoms with E-state index in [9.17, 15) is 0 Å². The van der Waals surface area contributed by atoms with E-state index in [0.717, 1.165) is 56.3 Å². The third kappa shape index (κ3) is 4.22. The van der Waals surface area contributed by atoms with Gasteiger partial charge in [0.2, 0.25) is 12.6 Å². The van der Waals surface area contributed by atoms with Gasteiger partial charge in [-0.3, -0.25) is 0 Å². The molecule has 5 rings (SSSR count). The first-order valence-corrected chi connectivity index (χ1v) is 10.2. The zero-order valence-electron chi connectivity index (χ0n) is 16.0. The zero-order chi connectivity index (χ0) is 19.6. The van der Waals surface area contributed by atoms with Crippen LogP contribution >= 0.6 is 11.6 Å². The molecule has 0 aliphatic carbocycles. The van der Waals surface area contributed by atoms with Crippen LogP contribution < -0.4 is 19.3 Å². The molecule has 0 radical (unpaired) electrons. The highest BCUT2D eigenvalue weighted by atomic mass is 35.5. The van der Waals surface area contributed by atoms with Gasteiger partial charge in [-0.25, -0.2) is 0 Å². The van der Waals surface area contributed by atoms with Crippen molar-refractivity contribution in [3.63, 3.8) is 0 Å². The summed E-state index contributed by atoms with van der Waals surface area (Å²) < 4.78 is 16.3. The molecular weight excluding hydrogens is 392 g/mol. The fourth-order valence-electron chi connectivity index (χ4n) is 3.91. The van der Waals surface area contributed by atoms with E-state index in [1.807, 2.05) is 30.3 Å². The Balaban J connectivity index is 1.14. The van der Waals surface area contributed by atoms with E-state index in [0.29, 0.717) is 23.5 Å². The Morgan fingerprint density at radius 3 is 2.38 bits per heavy atom. The fraction of sp³-hybridized carbons (Fsp3) is 0.333. The molecule has 2 N–H and O–H groups in total. The highest BCUT2D eigenvalue weighted by Gasteiger charge is 2.25. The molecule has 0 bridgehead atoms. The number of hydrogen-bond acceptors (Lipinski definition) is 5. The van der Waals surface area contributed by atoms with Gasteiger partial charge in [0.15, 0.2) is 18.0 Å². The molecule has 1 saturated heterocycles. The predicted molar refractivity (Wildman–Crippen MR) is 106 cm³/mol. The number of fused-ring (bicyclic) bond motifs is 1. The Bertz CT molecular complexity index is 984. The van der Waals surface area contributed by atoms with Gasteiger partial charge in [-0.1, -0.05) is 16.8 Å². The van der Waals surface area contributed by atoms with Crippen LogP contribution in [0.5, 0.6) is 11.5 Å². The van der Waals surface area contributed by atoms with Crippen molar-refractivity contribution >= 4 is 11.6 Å². The first-order valence-electron chi connectivity index (χ1n) is 9.87. The van der Waals surface area contributed by atoms with Crippen molar-refractivity contribution in [1.29, 1.82) is 0 Å². The van der Waals surface area contributed by atoms with Crippen molar-refractivity contribution in [2.24, 2.45) is 0 Å². The van der Waals surface area contributed by atoms with Crippen LogP contribution in [0.25, 0.3) is 11.4 Å². The third-order valence-electron chi connectivity index (χ3n) is 5.53. The van der Waals surface area contributed by atoms with E-state index in [-0.39, 0.29) is 0 Å². The first-order chi connectivity index (χ1) is 14.2. The molecule has 0 atom stereocenters. The Morgan fingerprint density at radius 2 is 1.59 bits per heavy atom. The number of piperazine rings is 1. The van der Waals surface area contributed by atoms with Gasteiger partial charge in [0.25, 0.3) is 5.89 Å². The quantitative estimate of drug-likeness (QED) is 0.640. The molecular formula is C21H23ClN4O3+2. The minimum Gasteiger partial charge on any atom is -0.454 e. The molecule has 1 aromatic heterocycles. The van der Waals surface area contributed by atoms with Crippen molar-refractivity contribution in [2.75, 3.05) is 33.0 Å². The number of nitrogens with one attached hydrogen (secondary N) is 2. The molecule has 1 fully saturated rings. The predicted octanol–water partition coefficient (Wildman–Crippen LogP) is 0.602. The number of rotatable bonds is 5. The number of nitrogens with zero attached hydrogens (tertiary/aromatic N) is 2. The highest BCUT2D eigenvalue weighted by molar-refractivity contribution is 6.30. The van der Waals surface area contributed by atoms with E-state index >= 15 is 0 Å². The summed E-state index contributed by atoms with van der Waals surface area (Å²) >= 11 is 5.94. The van der Waals surface area contributed by atoms with E-state index in [1.165, 1.54) is 10.5 Å². The molecule has 8 heteroatoms. The second kappa shape index (κ2) is 8.02. The number of aromatic nitrogens is 2. The summed E-state index contributed by atoms with van der Waals surface area (Å²) in [5.41, 5.74) is 2.20. The third-order valence-corrected chi connectivity index (χ3v) is 5.78. The van der Waals surface area contributed by atoms with E-state index < -0.39 is 0 Å². The van der Waals surface area contributed by atoms with Crippen molar-refractivity contribution in [1.82, 2.24) is 10.1 Å². The van der Waals surface area contributed by atoms with Gasteiger partial charge in [-0.15, -0.1) is 0 Å². The molecule has 0 unspecified atom stereocenters. The van der Waals surface area contributed by atoms with Crippen LogP contribution in [-0.4, -0.2) is 43.1 Å². The van der Waals surface area contributed by atoms with Crippen LogP contribution in [0.1, 0.15) is 11.5 Å². The lowest BCUT2D eigenvalue weighted by Gasteiger charge is -2.29. The van der Waals surface area contributed by atoms with Crippen LogP contribution in [0.2, 0.25) is 5.02 Å². The van der Waals surface area contributed by atoms with Crippen molar-refractivity contribution in [2.45, 2.75) is 13.1 Å². The minimum absolute atomic E-state index is 0.323. The average molecular weight is 415 g/mol. The smallest absolute Gasteiger partial charge is 0.282 e. The maximum Gasteiger partial charge on any atom is 0.282 e. The number of benzene rings is 2. The summed E-state index contributed by atoms with van der Waals surface area (Å²) in [6, 6.07) is 13.7. The first kappa shape index (κ1) is 18.4. The standard InChI is InChI=1S/C21H21ClN4O3/c22-17-4-2-16(3-5-17)21-23-20(29-24-21)13-26-9-7-25(8-10-26)12-15-1-6-18-19(11-15)28-14-27-18/h1-6,11H,7-10,12-14H2/p+2. The molecule has 3 heterocycles. The lowest BCUT2D eigenvalue weighted by Crippen LogP contribution is -3.27. The van der Waals surface area contributed by atoms with Crippen LogP contribution in [0.15, 0.2) is 47.0 Å². The van der Waals surface area contributed by atoms with Gasteiger partial charge >= 0.3 is 0 Å². The molecule has 2 aromatic carbocycles. The second-order valence-electron chi connectivity index (χ2n) is 7.56. The van der Waals surface area contributed by atoms with Crippen molar-refractivity contribution < 1.29 is 23.8 Å². The summed E-state index contributed by atoms with van der Waals surface area (Å²) in [5.74, 6) is 3.00. The van der Waals surface area contributed by atoms with Crippen LogP contribution in [0.3, 0.4) is 0 Å². The molecule has 2 aliphatic rings. The number of hydrogen-bond donors (Lipinski definition) is 2. The van der Waals surface area contributed by atoms with Gasteiger partial charge in [0.05, 0.1) is 0 Å². The number of halogens is 1. The van der Waals surface area contributed by atoms with Crippen molar-refractivity contribution in [3.05, 3.63) is 58.9 Å². The van der Waals surface area contributed by atoms with Gasteiger partial charge < -0.3 is 23.8 Å². The minimum atomic E-state index is 0.323. The molecule has 7 nitrogen and oxygen atoms in total. The summed E-state index contributed by atoms with van der Waals surface area (Å²) in [6.07, 6.45) is 0. The van der Waals surface area contributed by atoms with Crippen LogP contribution in [0, 0.1) is 0 Å². The van der Waals surface area contributed by atoms with Crippen LogP contribution in [0.4, 0.5) is 0 Å². The summed E-state index contributed by atoms with van der Waals surface area (Å²) in [5, 5.41) is 4.81. The molecule has 0 saturated carbocycles. The normalized spacial score (nSPS) is 20.7. The van der Waals surface area contributed by atoms with E-state index in [2.05, 4.69) is 22.3 Å². The van der Waals surface area contributed by atoms with Crippen molar-refractivity contribution in [3.8, 4) is 22.9 Å². The molecule has 3 aromatic rings. The summed E-state index contributed by atoms with van der Waals surface area (Å²) in [6.45, 7) is 6.48. The van der Waals surface area contributed by atoms with E-state index in [4.69, 9.17) is 25.6 Å². The highest BCUT2D eigenvalue weighted by Crippen LogP contribution is 2.32. The van der Waals surface area contributed by atoms with E-state index in [1.54, 1.807) is 4.90 Å². The average Bonchev–Trinajstić information content (AvgIpc) is 3.39. The monoisotopic (exact) mass is 414 g/mol. The number of ether oxygens (including phenoxy) is 2. The Labute approximate surface area is 173 Å². The second-order valence-corrected chi connectivity index (χ2v) is 8.00. The SMILES string of the molecule is Clc1ccc(-c2noc(C[NH+]3CC[NH+](Cc4ccc5c(c4)OCO5)CC3)n2)cc1. The molecule has 29 heavy (non-hydrogen) atoms. The maximum atomic E-state index is 5.94. The molecule has 2 aliphatic heterocycles. The molecule has 150 valence electrons. The lowest BCUT2D eigenvalue weighted by atomic mass is 10.1. The summed E-state index contributed by atoms with van der Waals surface area (Å²) in [7, 11) is 0. The largest absolute Gasteiger partial charge is 0.454 e. The number of quaternary nitrogens is 2. The van der Waals surface area contributed by atoms with Gasteiger partial charge in [0, 0.05) is 16.1 Å². The van der Waals surface area contributed by atoms with Gasteiger partial charge in [0.1, 0.15) is 32.7 Å². The summed E-state index contributed by atoms with van der Waals surface area (Å²) in [4.78, 5) is 7.61. The van der Waals surface area contributed by atoms with Gasteiger partial charge in [-0.2, -0.15) is 4.98 Å². The Morgan fingerprint density at radius 1 is 0.862 bits per heavy atom. The molecule has 0 amide bonds. The fourth-order valence-corrected chi connectivity index (χ4v) is 4.03.